The van der Waals surface area contributed by atoms with Gasteiger partial charge in [0.2, 0.25) is 5.91 Å². The lowest BCUT2D eigenvalue weighted by Crippen LogP contribution is -2.38. The maximum atomic E-state index is 12.3. The number of hydrogen-bond acceptors (Lipinski definition) is 3. The number of aryl methyl sites for hydroxylation is 1. The van der Waals surface area contributed by atoms with Gasteiger partial charge in [0.25, 0.3) is 0 Å². The fourth-order valence-corrected chi connectivity index (χ4v) is 4.05. The summed E-state index contributed by atoms with van der Waals surface area (Å²) < 4.78 is 0. The molecule has 116 valence electrons. The Kier molecular flexibility index (Phi) is 5.04. The standard InChI is InChI=1S/C16H23NO3S/c1-3-16(4-2,15(19)20)10-14(18)17-12-6-5-7-13-11(12)8-9-21-13/h8-9,12H,3-7,10H2,1-2H3,(H,17,18)(H,19,20). The summed E-state index contributed by atoms with van der Waals surface area (Å²) in [5, 5.41) is 14.5. The number of rotatable bonds is 6. The lowest BCUT2D eigenvalue weighted by atomic mass is 9.79. The van der Waals surface area contributed by atoms with Crippen LogP contribution in [0.2, 0.25) is 0 Å². The number of hydrogen-bond donors (Lipinski definition) is 2. The molecule has 0 aliphatic heterocycles. The van der Waals surface area contributed by atoms with Gasteiger partial charge < -0.3 is 10.4 Å². The maximum absolute atomic E-state index is 12.3. The van der Waals surface area contributed by atoms with Crippen molar-refractivity contribution in [3.63, 3.8) is 0 Å². The van der Waals surface area contributed by atoms with Crippen LogP contribution in [0.15, 0.2) is 11.4 Å². The zero-order valence-corrected chi connectivity index (χ0v) is 13.5. The number of carbonyl (C=O) groups is 2. The first-order valence-corrected chi connectivity index (χ1v) is 8.49. The molecule has 1 unspecified atom stereocenters. The highest BCUT2D eigenvalue weighted by molar-refractivity contribution is 7.10. The summed E-state index contributed by atoms with van der Waals surface area (Å²) in [6.45, 7) is 3.67. The van der Waals surface area contributed by atoms with Crippen LogP contribution in [0.1, 0.15) is 62.4 Å². The van der Waals surface area contributed by atoms with Crippen molar-refractivity contribution in [3.05, 3.63) is 21.9 Å². The van der Waals surface area contributed by atoms with Gasteiger partial charge in [0.15, 0.2) is 0 Å². The molecule has 2 N–H and O–H groups in total. The lowest BCUT2D eigenvalue weighted by Gasteiger charge is -2.28. The van der Waals surface area contributed by atoms with Crippen molar-refractivity contribution in [2.24, 2.45) is 5.41 Å². The van der Waals surface area contributed by atoms with Gasteiger partial charge in [-0.25, -0.2) is 0 Å². The van der Waals surface area contributed by atoms with E-state index in [2.05, 4.69) is 16.8 Å². The molecule has 1 heterocycles. The number of amides is 1. The molecule has 1 aromatic rings. The van der Waals surface area contributed by atoms with E-state index in [-0.39, 0.29) is 18.4 Å². The second-order valence-electron chi connectivity index (χ2n) is 5.78. The van der Waals surface area contributed by atoms with Crippen molar-refractivity contribution in [2.75, 3.05) is 0 Å². The van der Waals surface area contributed by atoms with Crippen LogP contribution in [-0.2, 0) is 16.0 Å². The van der Waals surface area contributed by atoms with Crippen LogP contribution in [0.4, 0.5) is 0 Å². The Balaban J connectivity index is 2.04. The molecular formula is C16H23NO3S. The summed E-state index contributed by atoms with van der Waals surface area (Å²) >= 11 is 1.74. The molecule has 1 atom stereocenters. The van der Waals surface area contributed by atoms with E-state index < -0.39 is 11.4 Å². The predicted molar refractivity (Wildman–Crippen MR) is 83.4 cm³/mol. The van der Waals surface area contributed by atoms with Crippen LogP contribution < -0.4 is 5.32 Å². The predicted octanol–water partition coefficient (Wildman–Crippen LogP) is 3.52. The third-order valence-electron chi connectivity index (χ3n) is 4.69. The average molecular weight is 309 g/mol. The Morgan fingerprint density at radius 2 is 2.14 bits per heavy atom. The van der Waals surface area contributed by atoms with Crippen LogP contribution in [-0.4, -0.2) is 17.0 Å². The Bertz CT molecular complexity index is 519. The van der Waals surface area contributed by atoms with Crippen molar-refractivity contribution >= 4 is 23.2 Å². The Morgan fingerprint density at radius 1 is 1.43 bits per heavy atom. The Morgan fingerprint density at radius 3 is 2.76 bits per heavy atom. The van der Waals surface area contributed by atoms with Crippen molar-refractivity contribution in [1.29, 1.82) is 0 Å². The van der Waals surface area contributed by atoms with E-state index in [4.69, 9.17) is 0 Å². The monoisotopic (exact) mass is 309 g/mol. The normalized spacial score (nSPS) is 18.1. The smallest absolute Gasteiger partial charge is 0.310 e. The summed E-state index contributed by atoms with van der Waals surface area (Å²) in [6, 6.07) is 2.13. The molecule has 1 aromatic heterocycles. The van der Waals surface area contributed by atoms with Crippen LogP contribution in [0.3, 0.4) is 0 Å². The zero-order chi connectivity index (χ0) is 15.5. The van der Waals surface area contributed by atoms with Crippen molar-refractivity contribution in [3.8, 4) is 0 Å². The Hall–Kier alpha value is -1.36. The molecule has 0 spiro atoms. The van der Waals surface area contributed by atoms with Crippen LogP contribution in [0.25, 0.3) is 0 Å². The second-order valence-corrected chi connectivity index (χ2v) is 6.78. The largest absolute Gasteiger partial charge is 0.481 e. The third-order valence-corrected chi connectivity index (χ3v) is 5.69. The number of aliphatic carboxylic acids is 1. The summed E-state index contributed by atoms with van der Waals surface area (Å²) in [6.07, 6.45) is 4.10. The minimum absolute atomic E-state index is 0.0488. The maximum Gasteiger partial charge on any atom is 0.310 e. The molecule has 0 saturated carbocycles. The van der Waals surface area contributed by atoms with Gasteiger partial charge in [-0.05, 0) is 49.1 Å². The number of carboxylic acids is 1. The lowest BCUT2D eigenvalue weighted by molar-refractivity contribution is -0.152. The highest BCUT2D eigenvalue weighted by atomic mass is 32.1. The number of carbonyl (C=O) groups excluding carboxylic acids is 1. The number of nitrogens with one attached hydrogen (secondary N) is 1. The second kappa shape index (κ2) is 6.60. The van der Waals surface area contributed by atoms with Crippen molar-refractivity contribution in [2.45, 2.75) is 58.4 Å². The highest BCUT2D eigenvalue weighted by Gasteiger charge is 2.37. The molecule has 1 amide bonds. The van der Waals surface area contributed by atoms with Gasteiger partial charge in [0, 0.05) is 11.3 Å². The van der Waals surface area contributed by atoms with E-state index in [0.29, 0.717) is 12.8 Å². The number of carboxylic acid groups (broad SMARTS) is 1. The minimum atomic E-state index is -0.934. The summed E-state index contributed by atoms with van der Waals surface area (Å²) in [4.78, 5) is 25.1. The van der Waals surface area contributed by atoms with E-state index in [1.54, 1.807) is 11.3 Å². The van der Waals surface area contributed by atoms with E-state index in [0.717, 1.165) is 19.3 Å². The molecule has 0 radical (unpaired) electrons. The molecular weight excluding hydrogens is 286 g/mol. The van der Waals surface area contributed by atoms with Gasteiger partial charge >= 0.3 is 5.97 Å². The molecule has 1 aliphatic rings. The van der Waals surface area contributed by atoms with Gasteiger partial charge in [-0.15, -0.1) is 11.3 Å². The van der Waals surface area contributed by atoms with Crippen molar-refractivity contribution in [1.82, 2.24) is 5.32 Å². The third kappa shape index (κ3) is 3.28. The van der Waals surface area contributed by atoms with E-state index in [1.807, 2.05) is 13.8 Å². The molecule has 0 aromatic carbocycles. The van der Waals surface area contributed by atoms with E-state index in [9.17, 15) is 14.7 Å². The van der Waals surface area contributed by atoms with Crippen LogP contribution >= 0.6 is 11.3 Å². The van der Waals surface area contributed by atoms with E-state index >= 15 is 0 Å². The summed E-state index contributed by atoms with van der Waals surface area (Å²) in [5.74, 6) is -1.02. The molecule has 2 rings (SSSR count). The van der Waals surface area contributed by atoms with E-state index in [1.165, 1.54) is 10.4 Å². The summed E-state index contributed by atoms with van der Waals surface area (Å²) in [5.41, 5.74) is 0.282. The molecule has 0 bridgehead atoms. The molecule has 1 aliphatic carbocycles. The average Bonchev–Trinajstić information content (AvgIpc) is 2.94. The van der Waals surface area contributed by atoms with Crippen LogP contribution in [0.5, 0.6) is 0 Å². The molecule has 0 saturated heterocycles. The molecule has 21 heavy (non-hydrogen) atoms. The zero-order valence-electron chi connectivity index (χ0n) is 12.6. The fraction of sp³-hybridized carbons (Fsp3) is 0.625. The SMILES string of the molecule is CCC(CC)(CC(=O)NC1CCCc2sccc21)C(=O)O. The van der Waals surface area contributed by atoms with Crippen molar-refractivity contribution < 1.29 is 14.7 Å². The summed E-state index contributed by atoms with van der Waals surface area (Å²) in [7, 11) is 0. The first-order chi connectivity index (χ1) is 10.0. The first kappa shape index (κ1) is 16.0. The van der Waals surface area contributed by atoms with Gasteiger partial charge in [0.05, 0.1) is 11.5 Å². The first-order valence-electron chi connectivity index (χ1n) is 7.61. The molecule has 4 nitrogen and oxygen atoms in total. The molecule has 5 heteroatoms. The quantitative estimate of drug-likeness (QED) is 0.845. The topological polar surface area (TPSA) is 66.4 Å². The minimum Gasteiger partial charge on any atom is -0.481 e. The van der Waals surface area contributed by atoms with Crippen LogP contribution in [0, 0.1) is 5.41 Å². The highest BCUT2D eigenvalue weighted by Crippen LogP contribution is 2.35. The Labute approximate surface area is 129 Å². The number of fused-ring (bicyclic) bond motifs is 1. The van der Waals surface area contributed by atoms with Gasteiger partial charge in [-0.3, -0.25) is 9.59 Å². The molecule has 0 fully saturated rings. The van der Waals surface area contributed by atoms with Gasteiger partial charge in [-0.2, -0.15) is 0 Å². The van der Waals surface area contributed by atoms with Gasteiger partial charge in [-0.1, -0.05) is 13.8 Å². The number of thiophene rings is 1. The van der Waals surface area contributed by atoms with Gasteiger partial charge in [0.1, 0.15) is 0 Å². The fourth-order valence-electron chi connectivity index (χ4n) is 3.07.